The Morgan fingerprint density at radius 2 is 1.38 bits per heavy atom. The minimum Gasteiger partial charge on any atom is -0.460 e. The van der Waals surface area contributed by atoms with Crippen LogP contribution in [0.15, 0.2) is 0 Å². The average molecular weight is 367 g/mol. The minimum absolute atomic E-state index is 0.0327. The third-order valence-corrected chi connectivity index (χ3v) is 5.94. The lowest BCUT2D eigenvalue weighted by Gasteiger charge is -2.33. The summed E-state index contributed by atoms with van der Waals surface area (Å²) >= 11 is 0. The van der Waals surface area contributed by atoms with Gasteiger partial charge in [-0.05, 0) is 56.8 Å². The van der Waals surface area contributed by atoms with E-state index in [9.17, 15) is 9.59 Å². The second-order valence-corrected chi connectivity index (χ2v) is 8.01. The predicted molar refractivity (Wildman–Crippen MR) is 96.6 cm³/mol. The van der Waals surface area contributed by atoms with Crippen LogP contribution in [0, 0.1) is 11.8 Å². The number of amides is 1. The number of carbonyl (C=O) groups is 2. The zero-order valence-electron chi connectivity index (χ0n) is 15.8. The SMILES string of the molecule is O=C(CC1CCOCC1)N[C@H]1CCCC[C@@H]1OC(=O)CC1CCOCC1. The van der Waals surface area contributed by atoms with E-state index < -0.39 is 0 Å². The van der Waals surface area contributed by atoms with Gasteiger partial charge in [0.15, 0.2) is 0 Å². The Bertz CT molecular complexity index is 415. The second kappa shape index (κ2) is 10.3. The summed E-state index contributed by atoms with van der Waals surface area (Å²) in [5.41, 5.74) is 0. The van der Waals surface area contributed by atoms with Crippen LogP contribution in [0.3, 0.4) is 0 Å². The Morgan fingerprint density at radius 3 is 2.04 bits per heavy atom. The Hall–Kier alpha value is -1.14. The van der Waals surface area contributed by atoms with Gasteiger partial charge in [0, 0.05) is 39.3 Å². The van der Waals surface area contributed by atoms with E-state index in [2.05, 4.69) is 5.32 Å². The smallest absolute Gasteiger partial charge is 0.306 e. The zero-order chi connectivity index (χ0) is 18.2. The first-order chi connectivity index (χ1) is 12.7. The first-order valence-corrected chi connectivity index (χ1v) is 10.3. The molecule has 2 saturated heterocycles. The summed E-state index contributed by atoms with van der Waals surface area (Å²) in [6.45, 7) is 3.00. The fraction of sp³-hybridized carbons (Fsp3) is 0.900. The van der Waals surface area contributed by atoms with Crippen LogP contribution in [0.25, 0.3) is 0 Å². The maximum Gasteiger partial charge on any atom is 0.306 e. The van der Waals surface area contributed by atoms with Gasteiger partial charge in [-0.3, -0.25) is 9.59 Å². The fourth-order valence-electron chi connectivity index (χ4n) is 4.28. The highest BCUT2D eigenvalue weighted by Gasteiger charge is 2.31. The maximum atomic E-state index is 12.4. The lowest BCUT2D eigenvalue weighted by atomic mass is 9.91. The van der Waals surface area contributed by atoms with E-state index in [1.54, 1.807) is 0 Å². The van der Waals surface area contributed by atoms with Crippen molar-refractivity contribution >= 4 is 11.9 Å². The van der Waals surface area contributed by atoms with Gasteiger partial charge in [0.2, 0.25) is 5.91 Å². The highest BCUT2D eigenvalue weighted by Crippen LogP contribution is 2.25. The molecule has 3 aliphatic rings. The van der Waals surface area contributed by atoms with Crippen LogP contribution in [0.2, 0.25) is 0 Å². The highest BCUT2D eigenvalue weighted by atomic mass is 16.5. The van der Waals surface area contributed by atoms with E-state index >= 15 is 0 Å². The normalized spacial score (nSPS) is 28.5. The lowest BCUT2D eigenvalue weighted by molar-refractivity contribution is -0.154. The second-order valence-electron chi connectivity index (χ2n) is 8.01. The summed E-state index contributed by atoms with van der Waals surface area (Å²) in [6, 6.07) is -0.0327. The number of ether oxygens (including phenoxy) is 3. The van der Waals surface area contributed by atoms with Crippen LogP contribution >= 0.6 is 0 Å². The van der Waals surface area contributed by atoms with E-state index in [1.165, 1.54) is 0 Å². The molecule has 0 aromatic rings. The molecular formula is C20H33NO5. The van der Waals surface area contributed by atoms with Crippen LogP contribution in [-0.4, -0.2) is 50.4 Å². The van der Waals surface area contributed by atoms with Crippen LogP contribution in [0.5, 0.6) is 0 Å². The molecule has 3 rings (SSSR count). The minimum atomic E-state index is -0.172. The topological polar surface area (TPSA) is 73.9 Å². The molecule has 0 aromatic heterocycles. The maximum absolute atomic E-state index is 12.4. The van der Waals surface area contributed by atoms with Crippen molar-refractivity contribution in [2.24, 2.45) is 11.8 Å². The molecule has 1 aliphatic carbocycles. The molecule has 2 aliphatic heterocycles. The van der Waals surface area contributed by atoms with Crippen molar-refractivity contribution in [3.8, 4) is 0 Å². The monoisotopic (exact) mass is 367 g/mol. The molecule has 1 saturated carbocycles. The average Bonchev–Trinajstić information content (AvgIpc) is 2.65. The van der Waals surface area contributed by atoms with E-state index in [1.807, 2.05) is 0 Å². The zero-order valence-corrected chi connectivity index (χ0v) is 15.8. The van der Waals surface area contributed by atoms with Crippen molar-refractivity contribution in [2.45, 2.75) is 76.4 Å². The lowest BCUT2D eigenvalue weighted by Crippen LogP contribution is -2.47. The molecule has 1 amide bonds. The van der Waals surface area contributed by atoms with Crippen molar-refractivity contribution in [3.05, 3.63) is 0 Å². The predicted octanol–water partition coefficient (Wildman–Crippen LogP) is 2.59. The fourth-order valence-corrected chi connectivity index (χ4v) is 4.28. The van der Waals surface area contributed by atoms with E-state index in [0.717, 1.165) is 77.8 Å². The van der Waals surface area contributed by atoms with Crippen molar-refractivity contribution in [3.63, 3.8) is 0 Å². The number of carbonyl (C=O) groups excluding carboxylic acids is 2. The third kappa shape index (κ3) is 6.23. The number of esters is 1. The van der Waals surface area contributed by atoms with Crippen molar-refractivity contribution < 1.29 is 23.8 Å². The molecular weight excluding hydrogens is 334 g/mol. The van der Waals surface area contributed by atoms with E-state index in [4.69, 9.17) is 14.2 Å². The quantitative estimate of drug-likeness (QED) is 0.731. The molecule has 6 heteroatoms. The molecule has 26 heavy (non-hydrogen) atoms. The van der Waals surface area contributed by atoms with E-state index in [0.29, 0.717) is 24.7 Å². The van der Waals surface area contributed by atoms with Gasteiger partial charge in [-0.1, -0.05) is 6.42 Å². The first-order valence-electron chi connectivity index (χ1n) is 10.3. The number of rotatable bonds is 6. The molecule has 0 unspecified atom stereocenters. The molecule has 1 N–H and O–H groups in total. The molecule has 0 aromatic carbocycles. The molecule has 0 radical (unpaired) electrons. The van der Waals surface area contributed by atoms with Gasteiger partial charge in [-0.2, -0.15) is 0 Å². The molecule has 2 heterocycles. The molecule has 6 nitrogen and oxygen atoms in total. The summed E-state index contributed by atoms with van der Waals surface area (Å²) in [7, 11) is 0. The van der Waals surface area contributed by atoms with Crippen molar-refractivity contribution in [1.82, 2.24) is 5.32 Å². The largest absolute Gasteiger partial charge is 0.460 e. The summed E-state index contributed by atoms with van der Waals surface area (Å²) in [5, 5.41) is 3.15. The van der Waals surface area contributed by atoms with Gasteiger partial charge in [-0.25, -0.2) is 0 Å². The number of hydrogen-bond acceptors (Lipinski definition) is 5. The summed E-state index contributed by atoms with van der Waals surface area (Å²) in [4.78, 5) is 24.8. The summed E-state index contributed by atoms with van der Waals surface area (Å²) < 4.78 is 16.5. The molecule has 0 bridgehead atoms. The van der Waals surface area contributed by atoms with Crippen molar-refractivity contribution in [1.29, 1.82) is 0 Å². The van der Waals surface area contributed by atoms with Gasteiger partial charge < -0.3 is 19.5 Å². The number of nitrogens with one attached hydrogen (secondary N) is 1. The van der Waals surface area contributed by atoms with Crippen LogP contribution in [0.4, 0.5) is 0 Å². The highest BCUT2D eigenvalue weighted by molar-refractivity contribution is 5.76. The van der Waals surface area contributed by atoms with Gasteiger partial charge in [0.1, 0.15) is 6.10 Å². The third-order valence-electron chi connectivity index (χ3n) is 5.94. The van der Waals surface area contributed by atoms with Crippen molar-refractivity contribution in [2.75, 3.05) is 26.4 Å². The molecule has 0 spiro atoms. The van der Waals surface area contributed by atoms with Crippen LogP contribution < -0.4 is 5.32 Å². The van der Waals surface area contributed by atoms with Gasteiger partial charge >= 0.3 is 5.97 Å². The Balaban J connectivity index is 1.44. The van der Waals surface area contributed by atoms with Gasteiger partial charge in [-0.15, -0.1) is 0 Å². The van der Waals surface area contributed by atoms with Gasteiger partial charge in [0.05, 0.1) is 6.04 Å². The number of hydrogen-bond donors (Lipinski definition) is 1. The van der Waals surface area contributed by atoms with Crippen LogP contribution in [-0.2, 0) is 23.8 Å². The molecule has 2 atom stereocenters. The van der Waals surface area contributed by atoms with Crippen LogP contribution in [0.1, 0.15) is 64.2 Å². The molecule has 148 valence electrons. The Kier molecular flexibility index (Phi) is 7.74. The summed E-state index contributed by atoms with van der Waals surface area (Å²) in [6.07, 6.45) is 8.54. The van der Waals surface area contributed by atoms with Gasteiger partial charge in [0.25, 0.3) is 0 Å². The van der Waals surface area contributed by atoms with E-state index in [-0.39, 0.29) is 24.0 Å². The first kappa shape index (κ1) is 19.6. The molecule has 3 fully saturated rings. The Labute approximate surface area is 156 Å². The summed E-state index contributed by atoms with van der Waals surface area (Å²) in [5.74, 6) is 0.769. The standard InChI is InChI=1S/C20H33NO5/c22-19(13-15-5-9-24-10-6-15)21-17-3-1-2-4-18(17)26-20(23)14-16-7-11-25-12-8-16/h15-18H,1-14H2,(H,21,22)/t17-,18-/m0/s1. The Morgan fingerprint density at radius 1 is 0.808 bits per heavy atom.